The molecule has 0 spiro atoms. The molecule has 2 aromatic heterocycles. The second-order valence-electron chi connectivity index (χ2n) is 19.2. The molecule has 14 rings (SSSR count). The predicted molar refractivity (Wildman–Crippen MR) is 315 cm³/mol. The van der Waals surface area contributed by atoms with Crippen LogP contribution in [0.5, 0.6) is 0 Å². The Morgan fingerprint density at radius 2 is 0.667 bits per heavy atom. The van der Waals surface area contributed by atoms with Crippen molar-refractivity contribution in [2.75, 3.05) is 4.90 Å². The minimum Gasteiger partial charge on any atom is -0.455 e. The summed E-state index contributed by atoms with van der Waals surface area (Å²) in [6.45, 7) is 0. The normalized spacial score (nSPS) is 11.5. The molecule has 2 heterocycles. The van der Waals surface area contributed by atoms with Crippen LogP contribution in [0.15, 0.2) is 296 Å². The zero-order valence-electron chi connectivity index (χ0n) is 41.0. The van der Waals surface area contributed by atoms with E-state index in [1.54, 1.807) is 0 Å². The fourth-order valence-electron chi connectivity index (χ4n) is 11.2. The summed E-state index contributed by atoms with van der Waals surface area (Å²) in [7, 11) is 0. The van der Waals surface area contributed by atoms with Crippen molar-refractivity contribution in [1.82, 2.24) is 4.57 Å². The molecule has 0 amide bonds. The van der Waals surface area contributed by atoms with E-state index in [2.05, 4.69) is 289 Å². The molecule has 0 saturated heterocycles. The summed E-state index contributed by atoms with van der Waals surface area (Å²) in [5, 5.41) is 4.73. The van der Waals surface area contributed by atoms with Crippen LogP contribution in [0.2, 0.25) is 0 Å². The number of fused-ring (bicyclic) bond motifs is 6. The summed E-state index contributed by atoms with van der Waals surface area (Å²) in [4.78, 5) is 2.37. The Balaban J connectivity index is 0.877. The standard InChI is InChI=1S/C72H48N2O/c1-3-17-49(18-4-1)54-21-15-22-55(47-54)51-33-40-57(41-34-51)73(58-42-35-52(36-43-58)60-23-7-8-24-62(60)66-28-16-29-67-65-27-11-14-32-71(65)75-72(66)67)59-44-37-53(38-45-59)61-46-39-56(50-19-5-2-6-20-50)48-70(61)74-68-30-12-9-25-63(68)64-26-10-13-31-69(64)74/h1-48H. The van der Waals surface area contributed by atoms with Gasteiger partial charge in [0.25, 0.3) is 0 Å². The van der Waals surface area contributed by atoms with Crippen LogP contribution in [0.4, 0.5) is 17.1 Å². The third kappa shape index (κ3) is 7.86. The Kier molecular flexibility index (Phi) is 10.8. The fourth-order valence-corrected chi connectivity index (χ4v) is 11.2. The van der Waals surface area contributed by atoms with Crippen LogP contribution in [-0.4, -0.2) is 4.57 Å². The van der Waals surface area contributed by atoms with Crippen molar-refractivity contribution in [2.45, 2.75) is 0 Å². The van der Waals surface area contributed by atoms with Crippen LogP contribution in [-0.2, 0) is 0 Å². The maximum atomic E-state index is 6.55. The predicted octanol–water partition coefficient (Wildman–Crippen LogP) is 20.2. The minimum absolute atomic E-state index is 0.896. The maximum Gasteiger partial charge on any atom is 0.143 e. The Morgan fingerprint density at radius 1 is 0.253 bits per heavy atom. The molecule has 3 heteroatoms. The topological polar surface area (TPSA) is 21.3 Å². The molecular formula is C72H48N2O. The highest BCUT2D eigenvalue weighted by Crippen LogP contribution is 2.44. The SMILES string of the molecule is c1ccc(-c2cccc(-c3ccc(N(c4ccc(-c5ccccc5-c5cccc6c5oc5ccccc56)cc4)c4ccc(-c5ccc(-c6ccccc6)cc5-n5c6ccccc6c6ccccc65)cc4)cc3)c2)cc1. The summed E-state index contributed by atoms with van der Waals surface area (Å²) in [5.41, 5.74) is 22.4. The van der Waals surface area contributed by atoms with Gasteiger partial charge in [0.1, 0.15) is 11.2 Å². The van der Waals surface area contributed by atoms with Gasteiger partial charge in [0.05, 0.1) is 16.7 Å². The number of benzene rings is 12. The average Bonchev–Trinajstić information content (AvgIpc) is 4.06. The molecule has 0 unspecified atom stereocenters. The molecular weight excluding hydrogens is 909 g/mol. The quantitative estimate of drug-likeness (QED) is 0.136. The molecule has 0 aliphatic carbocycles. The number of rotatable bonds is 10. The van der Waals surface area contributed by atoms with Gasteiger partial charge in [-0.1, -0.05) is 224 Å². The minimum atomic E-state index is 0.896. The third-order valence-corrected chi connectivity index (χ3v) is 14.8. The van der Waals surface area contributed by atoms with Crippen LogP contribution in [0, 0.1) is 0 Å². The molecule has 14 aromatic rings. The Bertz CT molecular complexity index is 4320. The second-order valence-corrected chi connectivity index (χ2v) is 19.2. The lowest BCUT2D eigenvalue weighted by Crippen LogP contribution is -2.10. The number of hydrogen-bond donors (Lipinski definition) is 0. The van der Waals surface area contributed by atoms with E-state index in [4.69, 9.17) is 4.42 Å². The number of para-hydroxylation sites is 4. The van der Waals surface area contributed by atoms with Crippen LogP contribution in [0.3, 0.4) is 0 Å². The zero-order valence-corrected chi connectivity index (χ0v) is 41.0. The monoisotopic (exact) mass is 956 g/mol. The molecule has 0 saturated carbocycles. The summed E-state index contributed by atoms with van der Waals surface area (Å²) < 4.78 is 9.00. The van der Waals surface area contributed by atoms with Gasteiger partial charge in [-0.15, -0.1) is 0 Å². The first-order valence-electron chi connectivity index (χ1n) is 25.6. The van der Waals surface area contributed by atoms with Gasteiger partial charge in [0.2, 0.25) is 0 Å². The Hall–Kier alpha value is -9.96. The number of nitrogens with zero attached hydrogens (tertiary/aromatic N) is 2. The van der Waals surface area contributed by atoms with E-state index in [1.807, 2.05) is 12.1 Å². The highest BCUT2D eigenvalue weighted by atomic mass is 16.3. The summed E-state index contributed by atoms with van der Waals surface area (Å²) in [5.74, 6) is 0. The molecule has 352 valence electrons. The van der Waals surface area contributed by atoms with Crippen molar-refractivity contribution >= 4 is 60.8 Å². The van der Waals surface area contributed by atoms with Gasteiger partial charge in [-0.05, 0) is 122 Å². The second kappa shape index (κ2) is 18.6. The third-order valence-electron chi connectivity index (χ3n) is 14.8. The Morgan fingerprint density at radius 3 is 1.28 bits per heavy atom. The molecule has 3 nitrogen and oxygen atoms in total. The van der Waals surface area contributed by atoms with Crippen LogP contribution >= 0.6 is 0 Å². The molecule has 0 N–H and O–H groups in total. The van der Waals surface area contributed by atoms with Gasteiger partial charge in [-0.25, -0.2) is 0 Å². The van der Waals surface area contributed by atoms with Crippen LogP contribution in [0.1, 0.15) is 0 Å². The van der Waals surface area contributed by atoms with Crippen LogP contribution in [0.25, 0.3) is 116 Å². The van der Waals surface area contributed by atoms with Gasteiger partial charge in [-0.2, -0.15) is 0 Å². The van der Waals surface area contributed by atoms with E-state index in [0.717, 1.165) is 83.6 Å². The lowest BCUT2D eigenvalue weighted by molar-refractivity contribution is 0.670. The van der Waals surface area contributed by atoms with E-state index in [1.165, 1.54) is 49.6 Å². The van der Waals surface area contributed by atoms with Crippen molar-refractivity contribution < 1.29 is 4.42 Å². The van der Waals surface area contributed by atoms with E-state index in [9.17, 15) is 0 Å². The van der Waals surface area contributed by atoms with Crippen molar-refractivity contribution in [3.05, 3.63) is 291 Å². The number of furan rings is 1. The van der Waals surface area contributed by atoms with E-state index in [0.29, 0.717) is 0 Å². The molecule has 12 aromatic carbocycles. The molecule has 0 fully saturated rings. The first kappa shape index (κ1) is 43.8. The molecule has 0 atom stereocenters. The van der Waals surface area contributed by atoms with Crippen molar-refractivity contribution in [1.29, 1.82) is 0 Å². The van der Waals surface area contributed by atoms with E-state index >= 15 is 0 Å². The van der Waals surface area contributed by atoms with Gasteiger partial charge < -0.3 is 13.9 Å². The molecule has 0 aliphatic rings. The molecule has 75 heavy (non-hydrogen) atoms. The molecule has 0 bridgehead atoms. The summed E-state index contributed by atoms with van der Waals surface area (Å²) in [6.07, 6.45) is 0. The summed E-state index contributed by atoms with van der Waals surface area (Å²) >= 11 is 0. The van der Waals surface area contributed by atoms with Crippen molar-refractivity contribution in [3.63, 3.8) is 0 Å². The highest BCUT2D eigenvalue weighted by Gasteiger charge is 2.20. The number of anilines is 3. The van der Waals surface area contributed by atoms with E-state index < -0.39 is 0 Å². The number of hydrogen-bond acceptors (Lipinski definition) is 2. The van der Waals surface area contributed by atoms with Crippen molar-refractivity contribution in [2.24, 2.45) is 0 Å². The maximum absolute atomic E-state index is 6.55. The van der Waals surface area contributed by atoms with Gasteiger partial charge in [0.15, 0.2) is 0 Å². The smallest absolute Gasteiger partial charge is 0.143 e. The largest absolute Gasteiger partial charge is 0.455 e. The lowest BCUT2D eigenvalue weighted by Gasteiger charge is -2.26. The first-order chi connectivity index (χ1) is 37.2. The van der Waals surface area contributed by atoms with E-state index in [-0.39, 0.29) is 0 Å². The van der Waals surface area contributed by atoms with Crippen LogP contribution < -0.4 is 4.90 Å². The average molecular weight is 957 g/mol. The zero-order chi connectivity index (χ0) is 49.7. The van der Waals surface area contributed by atoms with Gasteiger partial charge in [-0.3, -0.25) is 0 Å². The fraction of sp³-hybridized carbons (Fsp3) is 0. The molecule has 0 radical (unpaired) electrons. The summed E-state index contributed by atoms with van der Waals surface area (Å²) in [6, 6.07) is 105. The molecule has 0 aliphatic heterocycles. The van der Waals surface area contributed by atoms with Crippen molar-refractivity contribution in [3.8, 4) is 72.4 Å². The highest BCUT2D eigenvalue weighted by molar-refractivity contribution is 6.11. The Labute approximate surface area is 436 Å². The lowest BCUT2D eigenvalue weighted by atomic mass is 9.93. The number of aromatic nitrogens is 1. The first-order valence-corrected chi connectivity index (χ1v) is 25.6. The van der Waals surface area contributed by atoms with Gasteiger partial charge in [0, 0.05) is 49.7 Å². The van der Waals surface area contributed by atoms with Gasteiger partial charge >= 0.3 is 0 Å².